The first-order valence-electron chi connectivity index (χ1n) is 5.96. The van der Waals surface area contributed by atoms with Crippen LogP contribution in [0.2, 0.25) is 0 Å². The number of pyridine rings is 2. The van der Waals surface area contributed by atoms with Crippen LogP contribution in [0.1, 0.15) is 16.8 Å². The molecule has 0 bridgehead atoms. The Bertz CT molecular complexity index is 497. The number of aromatic nitrogens is 2. The van der Waals surface area contributed by atoms with Crippen molar-refractivity contribution < 1.29 is 4.74 Å². The Morgan fingerprint density at radius 3 is 2.78 bits per heavy atom. The third-order valence-corrected chi connectivity index (χ3v) is 2.54. The van der Waals surface area contributed by atoms with Gasteiger partial charge in [0.25, 0.3) is 0 Å². The van der Waals surface area contributed by atoms with Crippen LogP contribution in [0.15, 0.2) is 36.8 Å². The first kappa shape index (κ1) is 12.5. The Labute approximate surface area is 107 Å². The molecule has 2 aromatic rings. The van der Waals surface area contributed by atoms with Gasteiger partial charge in [0.05, 0.1) is 6.20 Å². The zero-order chi connectivity index (χ0) is 12.8. The second-order valence-corrected chi connectivity index (χ2v) is 4.18. The second kappa shape index (κ2) is 6.12. The molecule has 0 spiro atoms. The van der Waals surface area contributed by atoms with Crippen LogP contribution >= 0.6 is 0 Å². The van der Waals surface area contributed by atoms with Crippen molar-refractivity contribution in [2.45, 2.75) is 20.0 Å². The molecule has 0 saturated carbocycles. The van der Waals surface area contributed by atoms with Crippen molar-refractivity contribution in [1.29, 1.82) is 0 Å². The van der Waals surface area contributed by atoms with Gasteiger partial charge in [-0.1, -0.05) is 0 Å². The Morgan fingerprint density at radius 2 is 2.11 bits per heavy atom. The van der Waals surface area contributed by atoms with E-state index in [0.717, 1.165) is 29.0 Å². The van der Waals surface area contributed by atoms with E-state index in [0.29, 0.717) is 13.2 Å². The first-order chi connectivity index (χ1) is 8.78. The van der Waals surface area contributed by atoms with Crippen molar-refractivity contribution in [3.05, 3.63) is 53.6 Å². The van der Waals surface area contributed by atoms with Crippen LogP contribution in [0.5, 0.6) is 5.75 Å². The van der Waals surface area contributed by atoms with Crippen molar-refractivity contribution in [1.82, 2.24) is 9.97 Å². The monoisotopic (exact) mass is 243 g/mol. The minimum atomic E-state index is 0.507. The zero-order valence-electron chi connectivity index (χ0n) is 10.5. The van der Waals surface area contributed by atoms with Crippen LogP contribution in [0.4, 0.5) is 0 Å². The van der Waals surface area contributed by atoms with Crippen LogP contribution in [0.3, 0.4) is 0 Å². The highest BCUT2D eigenvalue weighted by atomic mass is 16.5. The summed E-state index contributed by atoms with van der Waals surface area (Å²) < 4.78 is 5.65. The molecule has 2 rings (SSSR count). The molecule has 18 heavy (non-hydrogen) atoms. The molecule has 0 aliphatic rings. The molecule has 0 aliphatic carbocycles. The van der Waals surface area contributed by atoms with Gasteiger partial charge in [0, 0.05) is 30.1 Å². The smallest absolute Gasteiger partial charge is 0.138 e. The van der Waals surface area contributed by atoms with Gasteiger partial charge in [-0.3, -0.25) is 9.97 Å². The second-order valence-electron chi connectivity index (χ2n) is 4.18. The molecule has 0 radical (unpaired) electrons. The molecular weight excluding hydrogens is 226 g/mol. The van der Waals surface area contributed by atoms with Gasteiger partial charge in [-0.05, 0) is 37.2 Å². The van der Waals surface area contributed by atoms with Crippen LogP contribution in [-0.2, 0) is 13.0 Å². The van der Waals surface area contributed by atoms with Crippen molar-refractivity contribution in [2.75, 3.05) is 6.54 Å². The molecule has 0 aliphatic heterocycles. The van der Waals surface area contributed by atoms with Crippen LogP contribution in [0.25, 0.3) is 0 Å². The molecule has 4 nitrogen and oxygen atoms in total. The maximum atomic E-state index is 5.65. The summed E-state index contributed by atoms with van der Waals surface area (Å²) >= 11 is 0. The van der Waals surface area contributed by atoms with Crippen molar-refractivity contribution in [3.8, 4) is 5.75 Å². The summed E-state index contributed by atoms with van der Waals surface area (Å²) in [6.45, 7) is 3.13. The standard InChI is InChI=1S/C14H17N3O/c1-11-6-12(8-16-7-11)10-18-14-3-2-13(4-5-15)17-9-14/h2-3,6-9H,4-5,10,15H2,1H3. The summed E-state index contributed by atoms with van der Waals surface area (Å²) in [5.74, 6) is 0.761. The zero-order valence-corrected chi connectivity index (χ0v) is 10.5. The van der Waals surface area contributed by atoms with Crippen molar-refractivity contribution >= 4 is 0 Å². The van der Waals surface area contributed by atoms with Gasteiger partial charge in [0.15, 0.2) is 0 Å². The molecule has 0 amide bonds. The number of hydrogen-bond donors (Lipinski definition) is 1. The number of nitrogens with two attached hydrogens (primary N) is 1. The average molecular weight is 243 g/mol. The predicted molar refractivity (Wildman–Crippen MR) is 70.3 cm³/mol. The Balaban J connectivity index is 1.93. The lowest BCUT2D eigenvalue weighted by molar-refractivity contribution is 0.304. The van der Waals surface area contributed by atoms with E-state index < -0.39 is 0 Å². The Hall–Kier alpha value is -1.94. The van der Waals surface area contributed by atoms with E-state index in [1.54, 1.807) is 6.20 Å². The molecule has 0 fully saturated rings. The van der Waals surface area contributed by atoms with E-state index in [2.05, 4.69) is 16.0 Å². The molecule has 2 aromatic heterocycles. The number of rotatable bonds is 5. The third-order valence-electron chi connectivity index (χ3n) is 2.54. The van der Waals surface area contributed by atoms with Crippen LogP contribution in [0, 0.1) is 6.92 Å². The minimum Gasteiger partial charge on any atom is -0.487 e. The Kier molecular flexibility index (Phi) is 4.25. The molecule has 0 saturated heterocycles. The molecule has 4 heteroatoms. The van der Waals surface area contributed by atoms with Gasteiger partial charge >= 0.3 is 0 Å². The van der Waals surface area contributed by atoms with Crippen molar-refractivity contribution in [2.24, 2.45) is 5.73 Å². The predicted octanol–water partition coefficient (Wildman–Crippen LogP) is 1.87. The lowest BCUT2D eigenvalue weighted by Gasteiger charge is -2.06. The highest BCUT2D eigenvalue weighted by Crippen LogP contribution is 2.12. The van der Waals surface area contributed by atoms with Gasteiger partial charge in [-0.15, -0.1) is 0 Å². The molecule has 0 aromatic carbocycles. The number of ether oxygens (including phenoxy) is 1. The van der Waals surface area contributed by atoms with Gasteiger partial charge in [0.1, 0.15) is 12.4 Å². The maximum absolute atomic E-state index is 5.65. The fourth-order valence-corrected chi connectivity index (χ4v) is 1.66. The SMILES string of the molecule is Cc1cncc(COc2ccc(CCN)nc2)c1. The van der Waals surface area contributed by atoms with Gasteiger partial charge < -0.3 is 10.5 Å². The van der Waals surface area contributed by atoms with E-state index in [4.69, 9.17) is 10.5 Å². The summed E-state index contributed by atoms with van der Waals surface area (Å²) in [6, 6.07) is 5.92. The largest absolute Gasteiger partial charge is 0.487 e. The lowest BCUT2D eigenvalue weighted by atomic mass is 10.2. The molecule has 2 N–H and O–H groups in total. The fourth-order valence-electron chi connectivity index (χ4n) is 1.66. The average Bonchev–Trinajstić information content (AvgIpc) is 2.38. The molecule has 0 unspecified atom stereocenters. The van der Waals surface area contributed by atoms with E-state index in [1.165, 1.54) is 0 Å². The normalized spacial score (nSPS) is 10.3. The highest BCUT2D eigenvalue weighted by molar-refractivity contribution is 5.21. The fraction of sp³-hybridized carbons (Fsp3) is 0.286. The van der Waals surface area contributed by atoms with Crippen LogP contribution < -0.4 is 10.5 Å². The van der Waals surface area contributed by atoms with Gasteiger partial charge in [-0.2, -0.15) is 0 Å². The van der Waals surface area contributed by atoms with Crippen molar-refractivity contribution in [3.63, 3.8) is 0 Å². The minimum absolute atomic E-state index is 0.507. The number of nitrogens with zero attached hydrogens (tertiary/aromatic N) is 2. The highest BCUT2D eigenvalue weighted by Gasteiger charge is 1.98. The maximum Gasteiger partial charge on any atom is 0.138 e. The van der Waals surface area contributed by atoms with E-state index in [9.17, 15) is 0 Å². The number of hydrogen-bond acceptors (Lipinski definition) is 4. The summed E-state index contributed by atoms with van der Waals surface area (Å²) in [7, 11) is 0. The summed E-state index contributed by atoms with van der Waals surface area (Å²) in [5.41, 5.74) is 8.65. The topological polar surface area (TPSA) is 61.0 Å². The van der Waals surface area contributed by atoms with Gasteiger partial charge in [0.2, 0.25) is 0 Å². The number of aryl methyl sites for hydroxylation is 1. The molecule has 2 heterocycles. The molecule has 0 atom stereocenters. The first-order valence-corrected chi connectivity index (χ1v) is 5.96. The van der Waals surface area contributed by atoms with Crippen LogP contribution in [-0.4, -0.2) is 16.5 Å². The van der Waals surface area contributed by atoms with E-state index in [1.807, 2.05) is 31.5 Å². The summed E-state index contributed by atoms with van der Waals surface area (Å²) in [6.07, 6.45) is 6.16. The molecule has 94 valence electrons. The van der Waals surface area contributed by atoms with E-state index in [-0.39, 0.29) is 0 Å². The Morgan fingerprint density at radius 1 is 1.22 bits per heavy atom. The van der Waals surface area contributed by atoms with E-state index >= 15 is 0 Å². The third kappa shape index (κ3) is 3.53. The summed E-state index contributed by atoms with van der Waals surface area (Å²) in [5, 5.41) is 0. The lowest BCUT2D eigenvalue weighted by Crippen LogP contribution is -2.04. The summed E-state index contributed by atoms with van der Waals surface area (Å²) in [4.78, 5) is 8.40. The molecular formula is C14H17N3O. The van der Waals surface area contributed by atoms with Gasteiger partial charge in [-0.25, -0.2) is 0 Å². The quantitative estimate of drug-likeness (QED) is 0.870.